The monoisotopic (exact) mass is 326 g/mol. The number of hydrogen-bond acceptors (Lipinski definition) is 4. The molecule has 0 radical (unpaired) electrons. The van der Waals surface area contributed by atoms with Gasteiger partial charge in [-0.1, -0.05) is 6.07 Å². The number of nitrogens with zero attached hydrogens (tertiary/aromatic N) is 4. The highest BCUT2D eigenvalue weighted by Gasteiger charge is 2.48. The first-order valence-corrected chi connectivity index (χ1v) is 9.01. The average Bonchev–Trinajstić information content (AvgIpc) is 3.11. The first kappa shape index (κ1) is 15.8. The molecule has 2 aromatic heterocycles. The first-order chi connectivity index (χ1) is 11.7. The highest BCUT2D eigenvalue weighted by atomic mass is 16.3. The van der Waals surface area contributed by atoms with E-state index in [9.17, 15) is 5.11 Å². The molecule has 0 spiro atoms. The van der Waals surface area contributed by atoms with Gasteiger partial charge in [0.15, 0.2) is 0 Å². The van der Waals surface area contributed by atoms with Gasteiger partial charge >= 0.3 is 0 Å². The van der Waals surface area contributed by atoms with E-state index in [0.717, 1.165) is 37.9 Å². The summed E-state index contributed by atoms with van der Waals surface area (Å²) in [6.07, 6.45) is 11.9. The van der Waals surface area contributed by atoms with Crippen LogP contribution >= 0.6 is 0 Å². The Kier molecular flexibility index (Phi) is 4.14. The molecule has 0 aliphatic carbocycles. The highest BCUT2D eigenvalue weighted by molar-refractivity contribution is 5.17. The van der Waals surface area contributed by atoms with Crippen molar-refractivity contribution in [2.45, 2.75) is 56.2 Å². The second-order valence-corrected chi connectivity index (χ2v) is 7.37. The maximum Gasteiger partial charge on any atom is 0.109 e. The summed E-state index contributed by atoms with van der Waals surface area (Å²) in [5, 5.41) is 15.5. The van der Waals surface area contributed by atoms with E-state index in [1.54, 1.807) is 6.20 Å². The van der Waals surface area contributed by atoms with Crippen LogP contribution in [0.5, 0.6) is 0 Å². The molecule has 128 valence electrons. The minimum atomic E-state index is -0.711. The summed E-state index contributed by atoms with van der Waals surface area (Å²) >= 11 is 0. The Bertz CT molecular complexity index is 670. The van der Waals surface area contributed by atoms with E-state index in [4.69, 9.17) is 0 Å². The van der Waals surface area contributed by atoms with Crippen molar-refractivity contribution in [2.24, 2.45) is 7.05 Å². The maximum atomic E-state index is 11.2. The Morgan fingerprint density at radius 2 is 2.00 bits per heavy atom. The van der Waals surface area contributed by atoms with Crippen molar-refractivity contribution in [3.8, 4) is 0 Å². The Hall–Kier alpha value is -1.72. The van der Waals surface area contributed by atoms with Crippen molar-refractivity contribution >= 4 is 0 Å². The van der Waals surface area contributed by atoms with E-state index in [1.807, 2.05) is 36.3 Å². The number of aromatic nitrogens is 3. The summed E-state index contributed by atoms with van der Waals surface area (Å²) in [6, 6.07) is 7.12. The highest BCUT2D eigenvalue weighted by Crippen LogP contribution is 2.45. The van der Waals surface area contributed by atoms with Gasteiger partial charge in [-0.05, 0) is 62.8 Å². The molecule has 0 aromatic carbocycles. The van der Waals surface area contributed by atoms with Crippen LogP contribution in [0.3, 0.4) is 0 Å². The lowest BCUT2D eigenvalue weighted by atomic mass is 9.83. The summed E-state index contributed by atoms with van der Waals surface area (Å²) < 4.78 is 1.83. The van der Waals surface area contributed by atoms with Gasteiger partial charge in [0.25, 0.3) is 0 Å². The largest absolute Gasteiger partial charge is 0.383 e. The van der Waals surface area contributed by atoms with Gasteiger partial charge in [0, 0.05) is 37.7 Å². The Morgan fingerprint density at radius 3 is 2.62 bits per heavy atom. The van der Waals surface area contributed by atoms with Crippen LogP contribution in [0, 0.1) is 0 Å². The first-order valence-electron chi connectivity index (χ1n) is 9.01. The molecular weight excluding hydrogens is 300 g/mol. The van der Waals surface area contributed by atoms with Gasteiger partial charge in [0.05, 0.1) is 5.69 Å². The number of piperidine rings is 1. The molecule has 0 amide bonds. The molecule has 2 fully saturated rings. The van der Waals surface area contributed by atoms with Crippen LogP contribution in [0.2, 0.25) is 0 Å². The number of pyridine rings is 1. The zero-order valence-electron chi connectivity index (χ0n) is 14.3. The molecule has 2 aliphatic heterocycles. The fraction of sp³-hybridized carbons (Fsp3) is 0.579. The Labute approximate surface area is 143 Å². The predicted octanol–water partition coefficient (Wildman–Crippen LogP) is 2.26. The van der Waals surface area contributed by atoms with E-state index >= 15 is 0 Å². The fourth-order valence-electron chi connectivity index (χ4n) is 4.73. The van der Waals surface area contributed by atoms with Gasteiger partial charge in [-0.2, -0.15) is 5.10 Å². The second-order valence-electron chi connectivity index (χ2n) is 7.37. The zero-order valence-corrected chi connectivity index (χ0v) is 14.3. The molecule has 4 heterocycles. The number of aryl methyl sites for hydroxylation is 2. The van der Waals surface area contributed by atoms with Crippen LogP contribution in [0.1, 0.15) is 43.4 Å². The fourth-order valence-corrected chi connectivity index (χ4v) is 4.73. The smallest absolute Gasteiger partial charge is 0.109 e. The van der Waals surface area contributed by atoms with Crippen LogP contribution < -0.4 is 0 Å². The lowest BCUT2D eigenvalue weighted by molar-refractivity contribution is -0.0621. The number of fused-ring (bicyclic) bond motifs is 2. The standard InChI is InChI=1S/C19H26N4O/c1-22-18(8-10-21-22)19(24)12-16-6-7-17(13-19)23(16)11-3-5-15-4-2-9-20-14-15/h2,4,8-10,14,16-17,24H,3,5-7,11-13H2,1H3/t16-,17+,19?. The van der Waals surface area contributed by atoms with Crippen molar-refractivity contribution in [1.82, 2.24) is 19.7 Å². The normalized spacial score (nSPS) is 29.9. The Balaban J connectivity index is 1.39. The van der Waals surface area contributed by atoms with E-state index < -0.39 is 5.60 Å². The minimum absolute atomic E-state index is 0.498. The molecule has 2 aliphatic rings. The van der Waals surface area contributed by atoms with E-state index in [1.165, 1.54) is 18.4 Å². The third-order valence-corrected chi connectivity index (χ3v) is 5.82. The molecule has 1 N–H and O–H groups in total. The third-order valence-electron chi connectivity index (χ3n) is 5.82. The maximum absolute atomic E-state index is 11.2. The summed E-state index contributed by atoms with van der Waals surface area (Å²) in [4.78, 5) is 6.83. The van der Waals surface area contributed by atoms with Crippen molar-refractivity contribution in [2.75, 3.05) is 6.54 Å². The average molecular weight is 326 g/mol. The van der Waals surface area contributed by atoms with Crippen LogP contribution in [-0.2, 0) is 19.1 Å². The third kappa shape index (κ3) is 2.87. The van der Waals surface area contributed by atoms with Crippen LogP contribution in [0.15, 0.2) is 36.8 Å². The Morgan fingerprint density at radius 1 is 1.21 bits per heavy atom. The zero-order chi connectivity index (χ0) is 16.6. The van der Waals surface area contributed by atoms with Crippen LogP contribution in [-0.4, -0.2) is 43.4 Å². The molecule has 5 nitrogen and oxygen atoms in total. The number of rotatable bonds is 5. The molecular formula is C19H26N4O. The van der Waals surface area contributed by atoms with E-state index in [0.29, 0.717) is 12.1 Å². The quantitative estimate of drug-likeness (QED) is 0.916. The summed E-state index contributed by atoms with van der Waals surface area (Å²) in [7, 11) is 1.93. The van der Waals surface area contributed by atoms with Gasteiger partial charge in [-0.25, -0.2) is 0 Å². The lowest BCUT2D eigenvalue weighted by Crippen LogP contribution is -2.50. The topological polar surface area (TPSA) is 54.2 Å². The van der Waals surface area contributed by atoms with Crippen LogP contribution in [0.4, 0.5) is 0 Å². The molecule has 1 unspecified atom stereocenters. The summed E-state index contributed by atoms with van der Waals surface area (Å²) in [5.41, 5.74) is 1.57. The van der Waals surface area contributed by atoms with E-state index in [2.05, 4.69) is 21.0 Å². The molecule has 2 bridgehead atoms. The number of hydrogen-bond donors (Lipinski definition) is 1. The summed E-state index contributed by atoms with van der Waals surface area (Å²) in [5.74, 6) is 0. The molecule has 5 heteroatoms. The van der Waals surface area contributed by atoms with Gasteiger partial charge in [0.2, 0.25) is 0 Å². The molecule has 2 saturated heterocycles. The van der Waals surface area contributed by atoms with Crippen molar-refractivity contribution in [3.05, 3.63) is 48.0 Å². The van der Waals surface area contributed by atoms with Gasteiger partial charge in [-0.15, -0.1) is 0 Å². The van der Waals surface area contributed by atoms with Crippen LogP contribution in [0.25, 0.3) is 0 Å². The van der Waals surface area contributed by atoms with E-state index in [-0.39, 0.29) is 0 Å². The minimum Gasteiger partial charge on any atom is -0.383 e. The van der Waals surface area contributed by atoms with Crippen molar-refractivity contribution in [3.63, 3.8) is 0 Å². The predicted molar refractivity (Wildman–Crippen MR) is 92.4 cm³/mol. The second kappa shape index (κ2) is 6.30. The van der Waals surface area contributed by atoms with Gasteiger partial charge < -0.3 is 5.11 Å². The van der Waals surface area contributed by atoms with Gasteiger partial charge in [-0.3, -0.25) is 14.6 Å². The molecule has 24 heavy (non-hydrogen) atoms. The lowest BCUT2D eigenvalue weighted by Gasteiger charge is -2.43. The van der Waals surface area contributed by atoms with Crippen molar-refractivity contribution < 1.29 is 5.11 Å². The molecule has 3 atom stereocenters. The SMILES string of the molecule is Cn1nccc1C1(O)C[C@H]2CC[C@@H](C1)N2CCCc1cccnc1. The summed E-state index contributed by atoms with van der Waals surface area (Å²) in [6.45, 7) is 1.12. The van der Waals surface area contributed by atoms with Crippen molar-refractivity contribution in [1.29, 1.82) is 0 Å². The molecule has 4 rings (SSSR count). The van der Waals surface area contributed by atoms with Gasteiger partial charge in [0.1, 0.15) is 5.60 Å². The molecule has 2 aromatic rings. The number of aliphatic hydroxyl groups is 1. The molecule has 0 saturated carbocycles.